The molecule has 1 aromatic rings. The van der Waals surface area contributed by atoms with Gasteiger partial charge in [0.05, 0.1) is 24.8 Å². The van der Waals surface area contributed by atoms with E-state index >= 15 is 0 Å². The molecule has 0 aromatic carbocycles. The molecular formula is C11H19ClN2O2. The molecule has 4 nitrogen and oxygen atoms in total. The van der Waals surface area contributed by atoms with E-state index in [9.17, 15) is 0 Å². The van der Waals surface area contributed by atoms with Gasteiger partial charge >= 0.3 is 0 Å². The number of likely N-dealkylation sites (N-methyl/N-ethyl adjacent to an activating group) is 1. The summed E-state index contributed by atoms with van der Waals surface area (Å²) >= 11 is 5.90. The van der Waals surface area contributed by atoms with Gasteiger partial charge in [-0.15, -0.1) is 0 Å². The standard InChI is InChI=1S/C11H19ClN2O2/c1-13(3-5-16-6-4-15)9-11-7-10(12)8-14(11)2/h7-8,15H,3-6,9H2,1-2H3. The molecule has 0 saturated carbocycles. The van der Waals surface area contributed by atoms with Gasteiger partial charge in [-0.25, -0.2) is 0 Å². The lowest BCUT2D eigenvalue weighted by atomic mass is 10.4. The van der Waals surface area contributed by atoms with Gasteiger partial charge in [-0.3, -0.25) is 4.90 Å². The van der Waals surface area contributed by atoms with Crippen molar-refractivity contribution < 1.29 is 9.84 Å². The van der Waals surface area contributed by atoms with Crippen molar-refractivity contribution in [2.45, 2.75) is 6.54 Å². The number of aryl methyl sites for hydroxylation is 1. The Kier molecular flexibility index (Phi) is 5.84. The van der Waals surface area contributed by atoms with Crippen LogP contribution < -0.4 is 0 Å². The molecule has 1 N–H and O–H groups in total. The van der Waals surface area contributed by atoms with Crippen LogP contribution in [0, 0.1) is 0 Å². The molecule has 0 fully saturated rings. The second-order valence-electron chi connectivity index (χ2n) is 3.83. The van der Waals surface area contributed by atoms with Crippen LogP contribution in [0.15, 0.2) is 12.3 Å². The summed E-state index contributed by atoms with van der Waals surface area (Å²) in [5, 5.41) is 9.32. The number of ether oxygens (including phenoxy) is 1. The maximum atomic E-state index is 8.55. The molecule has 0 amide bonds. The second kappa shape index (κ2) is 6.91. The van der Waals surface area contributed by atoms with E-state index in [1.165, 1.54) is 5.69 Å². The Balaban J connectivity index is 2.28. The minimum Gasteiger partial charge on any atom is -0.394 e. The third-order valence-corrected chi connectivity index (χ3v) is 2.57. The lowest BCUT2D eigenvalue weighted by Gasteiger charge is -2.16. The van der Waals surface area contributed by atoms with E-state index in [1.54, 1.807) is 0 Å². The van der Waals surface area contributed by atoms with Crippen molar-refractivity contribution in [1.82, 2.24) is 9.47 Å². The molecule has 1 heterocycles. The van der Waals surface area contributed by atoms with Crippen LogP contribution in [0.1, 0.15) is 5.69 Å². The molecule has 16 heavy (non-hydrogen) atoms. The summed E-state index contributed by atoms with van der Waals surface area (Å²) in [6.07, 6.45) is 1.90. The number of nitrogens with zero attached hydrogens (tertiary/aromatic N) is 2. The number of halogens is 1. The molecule has 0 atom stereocenters. The SMILES string of the molecule is CN(CCOCCO)Cc1cc(Cl)cn1C. The molecule has 0 radical (unpaired) electrons. The molecule has 0 aliphatic carbocycles. The van der Waals surface area contributed by atoms with Crippen molar-refractivity contribution in [3.05, 3.63) is 23.0 Å². The Hall–Kier alpha value is -0.550. The van der Waals surface area contributed by atoms with Crippen molar-refractivity contribution in [3.8, 4) is 0 Å². The number of aliphatic hydroxyl groups excluding tert-OH is 1. The first kappa shape index (κ1) is 13.5. The highest BCUT2D eigenvalue weighted by atomic mass is 35.5. The minimum atomic E-state index is 0.0805. The predicted octanol–water partition coefficient (Wildman–Crippen LogP) is 1.12. The molecule has 0 aliphatic heterocycles. The van der Waals surface area contributed by atoms with Crippen LogP contribution in [0.25, 0.3) is 0 Å². The molecule has 0 spiro atoms. The van der Waals surface area contributed by atoms with Gasteiger partial charge in [0.2, 0.25) is 0 Å². The number of aliphatic hydroxyl groups is 1. The Labute approximate surface area is 101 Å². The topological polar surface area (TPSA) is 37.6 Å². The summed E-state index contributed by atoms with van der Waals surface area (Å²) in [7, 11) is 4.01. The van der Waals surface area contributed by atoms with Gasteiger partial charge in [0.15, 0.2) is 0 Å². The number of aromatic nitrogens is 1. The van der Waals surface area contributed by atoms with Gasteiger partial charge in [-0.1, -0.05) is 11.6 Å². The van der Waals surface area contributed by atoms with Crippen LogP contribution in [0.5, 0.6) is 0 Å². The second-order valence-corrected chi connectivity index (χ2v) is 4.27. The largest absolute Gasteiger partial charge is 0.394 e. The summed E-state index contributed by atoms with van der Waals surface area (Å²) in [5.41, 5.74) is 1.18. The Morgan fingerprint density at radius 1 is 1.50 bits per heavy atom. The van der Waals surface area contributed by atoms with Gasteiger partial charge in [0.1, 0.15) is 0 Å². The summed E-state index contributed by atoms with van der Waals surface area (Å²) in [4.78, 5) is 2.16. The Morgan fingerprint density at radius 2 is 2.25 bits per heavy atom. The van der Waals surface area contributed by atoms with E-state index in [2.05, 4.69) is 4.90 Å². The fraction of sp³-hybridized carbons (Fsp3) is 0.636. The lowest BCUT2D eigenvalue weighted by Crippen LogP contribution is -2.24. The van der Waals surface area contributed by atoms with Gasteiger partial charge < -0.3 is 14.4 Å². The van der Waals surface area contributed by atoms with E-state index in [-0.39, 0.29) is 6.61 Å². The highest BCUT2D eigenvalue weighted by Crippen LogP contribution is 2.13. The third-order valence-electron chi connectivity index (χ3n) is 2.36. The Bertz CT molecular complexity index is 315. The van der Waals surface area contributed by atoms with E-state index in [1.807, 2.05) is 30.9 Å². The smallest absolute Gasteiger partial charge is 0.0698 e. The van der Waals surface area contributed by atoms with Crippen molar-refractivity contribution in [1.29, 1.82) is 0 Å². The predicted molar refractivity (Wildman–Crippen MR) is 64.7 cm³/mol. The molecular weight excluding hydrogens is 228 g/mol. The summed E-state index contributed by atoms with van der Waals surface area (Å²) < 4.78 is 7.22. The average Bonchev–Trinajstić information content (AvgIpc) is 2.52. The summed E-state index contributed by atoms with van der Waals surface area (Å²) in [5.74, 6) is 0. The summed E-state index contributed by atoms with van der Waals surface area (Å²) in [6, 6.07) is 1.96. The zero-order valence-corrected chi connectivity index (χ0v) is 10.6. The van der Waals surface area contributed by atoms with E-state index in [0.717, 1.165) is 18.1 Å². The minimum absolute atomic E-state index is 0.0805. The van der Waals surface area contributed by atoms with Crippen molar-refractivity contribution in [2.75, 3.05) is 33.4 Å². The lowest BCUT2D eigenvalue weighted by molar-refractivity contribution is 0.0770. The molecule has 1 aromatic heterocycles. The first-order chi connectivity index (χ1) is 7.63. The normalized spacial score (nSPS) is 11.3. The molecule has 1 rings (SSSR count). The molecule has 0 aliphatic rings. The quantitative estimate of drug-likeness (QED) is 0.733. The first-order valence-electron chi connectivity index (χ1n) is 5.31. The van der Waals surface area contributed by atoms with E-state index in [0.29, 0.717) is 13.2 Å². The third kappa shape index (κ3) is 4.53. The fourth-order valence-electron chi connectivity index (χ4n) is 1.47. The molecule has 5 heteroatoms. The van der Waals surface area contributed by atoms with Crippen LogP contribution in [0.4, 0.5) is 0 Å². The van der Waals surface area contributed by atoms with Gasteiger partial charge in [0.25, 0.3) is 0 Å². The zero-order chi connectivity index (χ0) is 12.0. The average molecular weight is 247 g/mol. The van der Waals surface area contributed by atoms with Crippen LogP contribution in [0.3, 0.4) is 0 Å². The van der Waals surface area contributed by atoms with Gasteiger partial charge in [0, 0.05) is 32.0 Å². The zero-order valence-electron chi connectivity index (χ0n) is 9.82. The van der Waals surface area contributed by atoms with Crippen LogP contribution >= 0.6 is 11.6 Å². The van der Waals surface area contributed by atoms with Gasteiger partial charge in [-0.05, 0) is 13.1 Å². The highest BCUT2D eigenvalue weighted by Gasteiger charge is 2.05. The fourth-order valence-corrected chi connectivity index (χ4v) is 1.74. The molecule has 92 valence electrons. The maximum absolute atomic E-state index is 8.55. The Morgan fingerprint density at radius 3 is 2.81 bits per heavy atom. The monoisotopic (exact) mass is 246 g/mol. The van der Waals surface area contributed by atoms with E-state index < -0.39 is 0 Å². The number of hydrogen-bond donors (Lipinski definition) is 1. The molecule has 0 saturated heterocycles. The van der Waals surface area contributed by atoms with Crippen molar-refractivity contribution in [3.63, 3.8) is 0 Å². The van der Waals surface area contributed by atoms with Crippen molar-refractivity contribution in [2.24, 2.45) is 7.05 Å². The number of rotatable bonds is 7. The highest BCUT2D eigenvalue weighted by molar-refractivity contribution is 6.30. The van der Waals surface area contributed by atoms with E-state index in [4.69, 9.17) is 21.4 Å². The first-order valence-corrected chi connectivity index (χ1v) is 5.69. The van der Waals surface area contributed by atoms with Crippen LogP contribution in [0.2, 0.25) is 5.02 Å². The maximum Gasteiger partial charge on any atom is 0.0698 e. The van der Waals surface area contributed by atoms with Crippen LogP contribution in [-0.2, 0) is 18.3 Å². The molecule has 0 bridgehead atoms. The van der Waals surface area contributed by atoms with Gasteiger partial charge in [-0.2, -0.15) is 0 Å². The summed E-state index contributed by atoms with van der Waals surface area (Å²) in [6.45, 7) is 2.80. The number of hydrogen-bond acceptors (Lipinski definition) is 3. The van der Waals surface area contributed by atoms with Crippen molar-refractivity contribution >= 4 is 11.6 Å². The molecule has 0 unspecified atom stereocenters. The van der Waals surface area contributed by atoms with Crippen LogP contribution in [-0.4, -0.2) is 48.0 Å².